The van der Waals surface area contributed by atoms with Gasteiger partial charge in [-0.25, -0.2) is 9.97 Å². The van der Waals surface area contributed by atoms with Crippen molar-refractivity contribution in [3.05, 3.63) is 41.0 Å². The number of aliphatic hydroxyl groups is 1. The number of hydrogen-bond acceptors (Lipinski definition) is 7. The molecular weight excluding hydrogens is 388 g/mol. The Morgan fingerprint density at radius 3 is 2.69 bits per heavy atom. The van der Waals surface area contributed by atoms with Crippen LogP contribution in [-0.2, 0) is 9.53 Å². The van der Waals surface area contributed by atoms with Crippen LogP contribution < -0.4 is 10.6 Å². The highest BCUT2D eigenvalue weighted by molar-refractivity contribution is 7.19. The zero-order valence-corrected chi connectivity index (χ0v) is 17.5. The third-order valence-electron chi connectivity index (χ3n) is 4.45. The number of fused-ring (bicyclic) bond motifs is 1. The maximum atomic E-state index is 12.0. The lowest BCUT2D eigenvalue weighted by molar-refractivity contribution is -0.121. The summed E-state index contributed by atoms with van der Waals surface area (Å²) in [6, 6.07) is 8.44. The summed E-state index contributed by atoms with van der Waals surface area (Å²) in [5.74, 6) is 0.685. The molecular formula is C21H26N4O3S. The standard InChI is InChI=1S/C21H26N4O3S/c1-14-3-5-16(6-4-14)18-15(2)29-21-19(18)20(24-13-25-21)23-8-7-17(27)22-9-11-28-12-10-26/h3-6,13,26H,7-12H2,1-2H3,(H,22,27)(H,23,24,25). The molecule has 0 saturated heterocycles. The lowest BCUT2D eigenvalue weighted by Crippen LogP contribution is -2.29. The van der Waals surface area contributed by atoms with E-state index in [0.29, 0.717) is 26.1 Å². The number of hydrogen-bond donors (Lipinski definition) is 3. The Bertz CT molecular complexity index is 956. The van der Waals surface area contributed by atoms with Crippen molar-refractivity contribution >= 4 is 33.3 Å². The van der Waals surface area contributed by atoms with Gasteiger partial charge in [-0.3, -0.25) is 4.79 Å². The van der Waals surface area contributed by atoms with Crippen LogP contribution in [0.25, 0.3) is 21.3 Å². The Morgan fingerprint density at radius 2 is 1.93 bits per heavy atom. The van der Waals surface area contributed by atoms with E-state index in [2.05, 4.69) is 58.7 Å². The van der Waals surface area contributed by atoms with Crippen LogP contribution in [0.5, 0.6) is 0 Å². The van der Waals surface area contributed by atoms with Crippen molar-refractivity contribution in [1.82, 2.24) is 15.3 Å². The van der Waals surface area contributed by atoms with E-state index in [4.69, 9.17) is 9.84 Å². The molecule has 0 radical (unpaired) electrons. The lowest BCUT2D eigenvalue weighted by Gasteiger charge is -2.10. The van der Waals surface area contributed by atoms with E-state index in [0.717, 1.165) is 27.2 Å². The summed E-state index contributed by atoms with van der Waals surface area (Å²) >= 11 is 1.65. The van der Waals surface area contributed by atoms with E-state index in [9.17, 15) is 4.79 Å². The third kappa shape index (κ3) is 5.50. The molecule has 2 aromatic heterocycles. The van der Waals surface area contributed by atoms with E-state index in [1.807, 2.05) is 0 Å². The fraction of sp³-hybridized carbons (Fsp3) is 0.381. The molecule has 0 aliphatic rings. The summed E-state index contributed by atoms with van der Waals surface area (Å²) in [7, 11) is 0. The second-order valence-electron chi connectivity index (χ2n) is 6.66. The molecule has 0 unspecified atom stereocenters. The summed E-state index contributed by atoms with van der Waals surface area (Å²) in [6.45, 7) is 5.72. The first-order valence-electron chi connectivity index (χ1n) is 9.60. The number of amides is 1. The molecule has 154 valence electrons. The molecule has 3 N–H and O–H groups in total. The van der Waals surface area contributed by atoms with Gasteiger partial charge >= 0.3 is 0 Å². The van der Waals surface area contributed by atoms with Crippen molar-refractivity contribution in [2.24, 2.45) is 0 Å². The molecule has 29 heavy (non-hydrogen) atoms. The number of aryl methyl sites for hydroxylation is 2. The molecule has 7 nitrogen and oxygen atoms in total. The van der Waals surface area contributed by atoms with Crippen LogP contribution in [0.15, 0.2) is 30.6 Å². The number of carbonyl (C=O) groups is 1. The molecule has 0 fully saturated rings. The lowest BCUT2D eigenvalue weighted by atomic mass is 10.0. The maximum absolute atomic E-state index is 12.0. The average Bonchev–Trinajstić information content (AvgIpc) is 3.05. The number of nitrogens with one attached hydrogen (secondary N) is 2. The highest BCUT2D eigenvalue weighted by Crippen LogP contribution is 2.40. The number of benzene rings is 1. The highest BCUT2D eigenvalue weighted by Gasteiger charge is 2.16. The number of nitrogens with zero attached hydrogens (tertiary/aromatic N) is 2. The monoisotopic (exact) mass is 414 g/mol. The van der Waals surface area contributed by atoms with Crippen molar-refractivity contribution in [3.8, 4) is 11.1 Å². The van der Waals surface area contributed by atoms with Crippen LogP contribution >= 0.6 is 11.3 Å². The Hall–Kier alpha value is -2.55. The normalized spacial score (nSPS) is 11.0. The number of thiophene rings is 1. The van der Waals surface area contributed by atoms with Crippen LogP contribution in [0.2, 0.25) is 0 Å². The Balaban J connectivity index is 1.67. The van der Waals surface area contributed by atoms with E-state index < -0.39 is 0 Å². The van der Waals surface area contributed by atoms with Gasteiger partial charge in [-0.15, -0.1) is 11.3 Å². The van der Waals surface area contributed by atoms with Crippen LogP contribution in [0.4, 0.5) is 5.82 Å². The quantitative estimate of drug-likeness (QED) is 0.442. The maximum Gasteiger partial charge on any atom is 0.221 e. The van der Waals surface area contributed by atoms with Gasteiger partial charge in [-0.2, -0.15) is 0 Å². The summed E-state index contributed by atoms with van der Waals surface area (Å²) in [6.07, 6.45) is 1.88. The SMILES string of the molecule is Cc1ccc(-c2c(C)sc3ncnc(NCCC(=O)NCCOCCO)c23)cc1. The molecule has 3 aromatic rings. The Kier molecular flexibility index (Phi) is 7.51. The average molecular weight is 415 g/mol. The molecule has 1 aromatic carbocycles. The van der Waals surface area contributed by atoms with E-state index in [1.54, 1.807) is 17.7 Å². The van der Waals surface area contributed by atoms with Crippen molar-refractivity contribution < 1.29 is 14.6 Å². The van der Waals surface area contributed by atoms with E-state index in [-0.39, 0.29) is 19.1 Å². The molecule has 0 aliphatic heterocycles. The van der Waals surface area contributed by atoms with Crippen molar-refractivity contribution in [2.45, 2.75) is 20.3 Å². The van der Waals surface area contributed by atoms with Crippen LogP contribution in [-0.4, -0.2) is 53.9 Å². The first-order chi connectivity index (χ1) is 14.1. The van der Waals surface area contributed by atoms with Gasteiger partial charge in [0.05, 0.1) is 25.2 Å². The minimum absolute atomic E-state index is 0.0160. The number of rotatable bonds is 10. The van der Waals surface area contributed by atoms with Gasteiger partial charge < -0.3 is 20.5 Å². The summed E-state index contributed by atoms with van der Waals surface area (Å²) < 4.78 is 5.12. The summed E-state index contributed by atoms with van der Waals surface area (Å²) in [5, 5.41) is 15.7. The number of carbonyl (C=O) groups excluding carboxylic acids is 1. The molecule has 8 heteroatoms. The number of aliphatic hydroxyl groups excluding tert-OH is 1. The summed E-state index contributed by atoms with van der Waals surface area (Å²) in [4.78, 5) is 22.9. The Morgan fingerprint density at radius 1 is 1.14 bits per heavy atom. The second-order valence-corrected chi connectivity index (χ2v) is 7.87. The number of aromatic nitrogens is 2. The molecule has 0 saturated carbocycles. The van der Waals surface area contributed by atoms with E-state index >= 15 is 0 Å². The van der Waals surface area contributed by atoms with Crippen molar-refractivity contribution in [1.29, 1.82) is 0 Å². The smallest absolute Gasteiger partial charge is 0.221 e. The van der Waals surface area contributed by atoms with Crippen LogP contribution in [0.1, 0.15) is 16.9 Å². The highest BCUT2D eigenvalue weighted by atomic mass is 32.1. The van der Waals surface area contributed by atoms with Crippen molar-refractivity contribution in [2.75, 3.05) is 38.2 Å². The van der Waals surface area contributed by atoms with Crippen LogP contribution in [0, 0.1) is 13.8 Å². The molecule has 0 atom stereocenters. The minimum atomic E-state index is -0.0596. The molecule has 1 amide bonds. The van der Waals surface area contributed by atoms with Gasteiger partial charge in [0.15, 0.2) is 0 Å². The van der Waals surface area contributed by atoms with Crippen LogP contribution in [0.3, 0.4) is 0 Å². The minimum Gasteiger partial charge on any atom is -0.394 e. The molecule has 3 rings (SSSR count). The fourth-order valence-corrected chi connectivity index (χ4v) is 4.07. The van der Waals surface area contributed by atoms with Gasteiger partial charge in [0.25, 0.3) is 0 Å². The largest absolute Gasteiger partial charge is 0.394 e. The first-order valence-corrected chi connectivity index (χ1v) is 10.4. The Labute approximate surface area is 174 Å². The zero-order valence-electron chi connectivity index (χ0n) is 16.7. The zero-order chi connectivity index (χ0) is 20.6. The molecule has 0 spiro atoms. The third-order valence-corrected chi connectivity index (χ3v) is 5.47. The van der Waals surface area contributed by atoms with Gasteiger partial charge in [-0.1, -0.05) is 29.8 Å². The topological polar surface area (TPSA) is 96.4 Å². The molecule has 0 aliphatic carbocycles. The van der Waals surface area contributed by atoms with Gasteiger partial charge in [0.1, 0.15) is 17.0 Å². The number of ether oxygens (including phenoxy) is 1. The predicted octanol–water partition coefficient (Wildman–Crippen LogP) is 2.90. The summed E-state index contributed by atoms with van der Waals surface area (Å²) in [5.41, 5.74) is 3.49. The fourth-order valence-electron chi connectivity index (χ4n) is 3.06. The second kappa shape index (κ2) is 10.3. The van der Waals surface area contributed by atoms with Gasteiger partial charge in [0, 0.05) is 30.0 Å². The predicted molar refractivity (Wildman–Crippen MR) is 116 cm³/mol. The van der Waals surface area contributed by atoms with Gasteiger partial charge in [-0.05, 0) is 19.4 Å². The molecule has 0 bridgehead atoms. The first kappa shape index (κ1) is 21.2. The van der Waals surface area contributed by atoms with Crippen molar-refractivity contribution in [3.63, 3.8) is 0 Å². The van der Waals surface area contributed by atoms with Gasteiger partial charge in [0.2, 0.25) is 5.91 Å². The van der Waals surface area contributed by atoms with E-state index in [1.165, 1.54) is 10.4 Å². The molecule has 2 heterocycles. The number of anilines is 1.